The van der Waals surface area contributed by atoms with Crippen LogP contribution in [0.5, 0.6) is 0 Å². The van der Waals surface area contributed by atoms with Crippen LogP contribution in [0.25, 0.3) is 11.1 Å². The van der Waals surface area contributed by atoms with E-state index < -0.39 is 10.0 Å². The first-order chi connectivity index (χ1) is 13.3. The third-order valence-electron chi connectivity index (χ3n) is 5.60. The quantitative estimate of drug-likeness (QED) is 0.660. The van der Waals surface area contributed by atoms with Crippen molar-refractivity contribution >= 4 is 15.7 Å². The zero-order chi connectivity index (χ0) is 20.1. The Morgan fingerprint density at radius 1 is 1.07 bits per heavy atom. The van der Waals surface area contributed by atoms with E-state index in [0.717, 1.165) is 39.9 Å². The number of para-hydroxylation sites is 1. The number of benzene rings is 2. The first-order valence-electron chi connectivity index (χ1n) is 9.51. The smallest absolute Gasteiger partial charge is 0.264 e. The summed E-state index contributed by atoms with van der Waals surface area (Å²) in [6.07, 6.45) is 4.53. The lowest BCUT2D eigenvalue weighted by Crippen LogP contribution is -2.37. The summed E-state index contributed by atoms with van der Waals surface area (Å²) in [5.74, 6) is 0.357. The van der Waals surface area contributed by atoms with E-state index in [1.165, 1.54) is 0 Å². The van der Waals surface area contributed by atoms with Crippen molar-refractivity contribution < 1.29 is 8.42 Å². The molecule has 146 valence electrons. The number of aromatic nitrogens is 2. The molecule has 0 N–H and O–H groups in total. The minimum Gasteiger partial charge on any atom is -0.275 e. The molecular weight excluding hydrogens is 370 g/mol. The summed E-state index contributed by atoms with van der Waals surface area (Å²) in [5, 5.41) is 4.20. The molecule has 0 bridgehead atoms. The van der Waals surface area contributed by atoms with Crippen LogP contribution < -0.4 is 4.31 Å². The summed E-state index contributed by atoms with van der Waals surface area (Å²) in [7, 11) is -1.77. The monoisotopic (exact) mass is 395 g/mol. The Balaban J connectivity index is 1.79. The summed E-state index contributed by atoms with van der Waals surface area (Å²) in [4.78, 5) is 0.365. The van der Waals surface area contributed by atoms with E-state index in [2.05, 4.69) is 12.0 Å². The second-order valence-electron chi connectivity index (χ2n) is 7.66. The highest BCUT2D eigenvalue weighted by molar-refractivity contribution is 7.92. The summed E-state index contributed by atoms with van der Waals surface area (Å²) in [5.41, 5.74) is 5.64. The van der Waals surface area contributed by atoms with Crippen LogP contribution in [0, 0.1) is 13.8 Å². The number of fused-ring (bicyclic) bond motifs is 1. The van der Waals surface area contributed by atoms with Gasteiger partial charge in [0.15, 0.2) is 0 Å². The van der Waals surface area contributed by atoms with Crippen molar-refractivity contribution in [3.8, 4) is 11.1 Å². The van der Waals surface area contributed by atoms with Crippen molar-refractivity contribution in [1.82, 2.24) is 9.78 Å². The molecule has 28 heavy (non-hydrogen) atoms. The lowest BCUT2D eigenvalue weighted by molar-refractivity contribution is 0.577. The lowest BCUT2D eigenvalue weighted by Gasteiger charge is -2.35. The van der Waals surface area contributed by atoms with E-state index >= 15 is 0 Å². The SMILES string of the molecule is Cc1cc(-c2cnn(C)c2)ccc1S(=O)(=O)N1CC[C@@H](C)c2cccc(C)c21. The molecule has 6 heteroatoms. The van der Waals surface area contributed by atoms with Crippen LogP contribution in [0.2, 0.25) is 0 Å². The molecule has 4 rings (SSSR count). The zero-order valence-electron chi connectivity index (χ0n) is 16.7. The van der Waals surface area contributed by atoms with Gasteiger partial charge < -0.3 is 0 Å². The highest BCUT2D eigenvalue weighted by Crippen LogP contribution is 2.40. The van der Waals surface area contributed by atoms with Crippen molar-refractivity contribution in [2.45, 2.75) is 38.0 Å². The van der Waals surface area contributed by atoms with E-state index in [9.17, 15) is 8.42 Å². The second-order valence-corrected chi connectivity index (χ2v) is 9.49. The molecule has 5 nitrogen and oxygen atoms in total. The van der Waals surface area contributed by atoms with E-state index in [1.807, 2.05) is 57.4 Å². The fourth-order valence-electron chi connectivity index (χ4n) is 4.05. The van der Waals surface area contributed by atoms with Gasteiger partial charge in [0.05, 0.1) is 16.8 Å². The molecule has 0 saturated carbocycles. The Hall–Kier alpha value is -2.60. The van der Waals surface area contributed by atoms with Gasteiger partial charge in [-0.05, 0) is 60.6 Å². The van der Waals surface area contributed by atoms with Gasteiger partial charge in [0.2, 0.25) is 0 Å². The lowest BCUT2D eigenvalue weighted by atomic mass is 9.91. The molecule has 2 aromatic carbocycles. The molecular formula is C22H25N3O2S. The fraction of sp³-hybridized carbons (Fsp3) is 0.318. The van der Waals surface area contributed by atoms with Crippen LogP contribution >= 0.6 is 0 Å². The third kappa shape index (κ3) is 3.02. The summed E-state index contributed by atoms with van der Waals surface area (Å²) in [6, 6.07) is 11.6. The Bertz CT molecular complexity index is 1150. The first kappa shape index (κ1) is 18.7. The topological polar surface area (TPSA) is 55.2 Å². The van der Waals surface area contributed by atoms with Gasteiger partial charge in [-0.2, -0.15) is 5.10 Å². The number of sulfonamides is 1. The number of nitrogens with zero attached hydrogens (tertiary/aromatic N) is 3. The van der Waals surface area contributed by atoms with Crippen molar-refractivity contribution in [2.24, 2.45) is 7.05 Å². The summed E-state index contributed by atoms with van der Waals surface area (Å²) in [6.45, 7) is 6.51. The van der Waals surface area contributed by atoms with Gasteiger partial charge in [0, 0.05) is 25.4 Å². The van der Waals surface area contributed by atoms with Crippen LogP contribution in [0.4, 0.5) is 5.69 Å². The number of aryl methyl sites for hydroxylation is 3. The molecule has 0 spiro atoms. The van der Waals surface area contributed by atoms with E-state index in [-0.39, 0.29) is 0 Å². The standard InChI is InChI=1S/C22H25N3O2S/c1-15-10-11-25(22-16(2)6-5-7-20(15)22)28(26,27)21-9-8-18(12-17(21)3)19-13-23-24(4)14-19/h5-9,12-15H,10-11H2,1-4H3/t15-/m1/s1. The maximum Gasteiger partial charge on any atom is 0.264 e. The molecule has 2 heterocycles. The number of rotatable bonds is 3. The Morgan fingerprint density at radius 2 is 1.86 bits per heavy atom. The van der Waals surface area contributed by atoms with Crippen molar-refractivity contribution in [1.29, 1.82) is 0 Å². The van der Waals surface area contributed by atoms with E-state index in [1.54, 1.807) is 21.3 Å². The van der Waals surface area contributed by atoms with Gasteiger partial charge in [-0.1, -0.05) is 31.2 Å². The molecule has 1 atom stereocenters. The van der Waals surface area contributed by atoms with Gasteiger partial charge in [-0.15, -0.1) is 0 Å². The average molecular weight is 396 g/mol. The molecule has 0 unspecified atom stereocenters. The van der Waals surface area contributed by atoms with Crippen molar-refractivity contribution in [3.05, 3.63) is 65.5 Å². The summed E-state index contributed by atoms with van der Waals surface area (Å²) < 4.78 is 30.5. The second kappa shape index (κ2) is 6.78. The average Bonchev–Trinajstić information content (AvgIpc) is 3.08. The molecule has 0 saturated heterocycles. The maximum absolute atomic E-state index is 13.6. The Labute approximate surface area is 166 Å². The van der Waals surface area contributed by atoms with Gasteiger partial charge in [0.25, 0.3) is 10.0 Å². The van der Waals surface area contributed by atoms with Crippen LogP contribution in [0.1, 0.15) is 36.0 Å². The minimum absolute atomic E-state index is 0.357. The largest absolute Gasteiger partial charge is 0.275 e. The van der Waals surface area contributed by atoms with E-state index in [4.69, 9.17) is 0 Å². The minimum atomic E-state index is -3.63. The molecule has 0 radical (unpaired) electrons. The van der Waals surface area contributed by atoms with Gasteiger partial charge >= 0.3 is 0 Å². The third-order valence-corrected chi connectivity index (χ3v) is 7.55. The van der Waals surface area contributed by atoms with Crippen molar-refractivity contribution in [2.75, 3.05) is 10.8 Å². The highest BCUT2D eigenvalue weighted by atomic mass is 32.2. The predicted molar refractivity (Wildman–Crippen MR) is 112 cm³/mol. The Morgan fingerprint density at radius 3 is 2.54 bits per heavy atom. The predicted octanol–water partition coefficient (Wildman–Crippen LogP) is 4.41. The van der Waals surface area contributed by atoms with Gasteiger partial charge in [0.1, 0.15) is 0 Å². The zero-order valence-corrected chi connectivity index (χ0v) is 17.5. The number of hydrogen-bond acceptors (Lipinski definition) is 3. The maximum atomic E-state index is 13.6. The molecule has 0 amide bonds. The molecule has 0 aliphatic carbocycles. The van der Waals surface area contributed by atoms with Gasteiger partial charge in [-0.3, -0.25) is 8.99 Å². The van der Waals surface area contributed by atoms with Gasteiger partial charge in [-0.25, -0.2) is 8.42 Å². The molecule has 3 aromatic rings. The molecule has 1 aliphatic rings. The van der Waals surface area contributed by atoms with Crippen LogP contribution in [-0.2, 0) is 17.1 Å². The summed E-state index contributed by atoms with van der Waals surface area (Å²) >= 11 is 0. The fourth-order valence-corrected chi connectivity index (χ4v) is 5.82. The first-order valence-corrected chi connectivity index (χ1v) is 10.9. The molecule has 1 aromatic heterocycles. The molecule has 1 aliphatic heterocycles. The van der Waals surface area contributed by atoms with E-state index in [0.29, 0.717) is 17.4 Å². The molecule has 0 fully saturated rings. The number of hydrogen-bond donors (Lipinski definition) is 0. The van der Waals surface area contributed by atoms with Crippen LogP contribution in [0.15, 0.2) is 53.7 Å². The van der Waals surface area contributed by atoms with Crippen molar-refractivity contribution in [3.63, 3.8) is 0 Å². The van der Waals surface area contributed by atoms with Crippen LogP contribution in [0.3, 0.4) is 0 Å². The highest BCUT2D eigenvalue weighted by Gasteiger charge is 2.33. The Kier molecular flexibility index (Phi) is 4.54. The normalized spacial score (nSPS) is 16.9. The van der Waals surface area contributed by atoms with Crippen LogP contribution in [-0.4, -0.2) is 24.7 Å². The number of anilines is 1.